The van der Waals surface area contributed by atoms with Gasteiger partial charge in [0.2, 0.25) is 0 Å². The zero-order chi connectivity index (χ0) is 13.4. The van der Waals surface area contributed by atoms with Crippen LogP contribution in [0.15, 0.2) is 24.3 Å². The quantitative estimate of drug-likeness (QED) is 0.488. The van der Waals surface area contributed by atoms with E-state index in [1.54, 1.807) is 0 Å². The Balaban J connectivity index is 2.36. The van der Waals surface area contributed by atoms with E-state index in [4.69, 9.17) is 4.74 Å². The second-order valence-electron chi connectivity index (χ2n) is 5.29. The summed E-state index contributed by atoms with van der Waals surface area (Å²) in [7, 11) is 0. The van der Waals surface area contributed by atoms with Crippen LogP contribution in [-0.2, 0) is 4.74 Å². The smallest absolute Gasteiger partial charge is 0.0472 e. The average molecular weight is 313 g/mol. The summed E-state index contributed by atoms with van der Waals surface area (Å²) in [4.78, 5) is 0. The van der Waals surface area contributed by atoms with E-state index >= 15 is 0 Å². The minimum absolute atomic E-state index is 0.560. The van der Waals surface area contributed by atoms with Gasteiger partial charge < -0.3 is 4.74 Å². The van der Waals surface area contributed by atoms with Gasteiger partial charge in [-0.05, 0) is 42.7 Å². The number of hydrogen-bond donors (Lipinski definition) is 0. The third-order valence-electron chi connectivity index (χ3n) is 3.26. The Bertz CT molecular complexity index is 336. The standard InChI is InChI=1S/C16H25BrO/c1-13(2)8-10-18-11-9-15(12-17)16-7-5-4-6-14(16)3/h4-7,13,15H,8-12H2,1-3H3. The first-order valence-corrected chi connectivity index (χ1v) is 7.96. The fourth-order valence-corrected chi connectivity index (χ4v) is 2.68. The highest BCUT2D eigenvalue weighted by Gasteiger charge is 2.11. The van der Waals surface area contributed by atoms with Gasteiger partial charge in [0.25, 0.3) is 0 Å². The lowest BCUT2D eigenvalue weighted by atomic mass is 9.94. The van der Waals surface area contributed by atoms with Crippen LogP contribution in [0.1, 0.15) is 43.7 Å². The summed E-state index contributed by atoms with van der Waals surface area (Å²) < 4.78 is 5.72. The average Bonchev–Trinajstić information content (AvgIpc) is 2.35. The molecule has 2 heteroatoms. The van der Waals surface area contributed by atoms with Gasteiger partial charge in [0.05, 0.1) is 0 Å². The highest BCUT2D eigenvalue weighted by Crippen LogP contribution is 2.24. The van der Waals surface area contributed by atoms with Gasteiger partial charge in [0.15, 0.2) is 0 Å². The van der Waals surface area contributed by atoms with E-state index in [1.807, 2.05) is 0 Å². The van der Waals surface area contributed by atoms with Crippen molar-refractivity contribution in [3.05, 3.63) is 35.4 Å². The summed E-state index contributed by atoms with van der Waals surface area (Å²) in [5.74, 6) is 1.29. The second kappa shape index (κ2) is 8.71. The summed E-state index contributed by atoms with van der Waals surface area (Å²) >= 11 is 3.62. The lowest BCUT2D eigenvalue weighted by Gasteiger charge is -2.17. The van der Waals surface area contributed by atoms with Crippen LogP contribution in [0.5, 0.6) is 0 Å². The molecule has 0 saturated heterocycles. The number of benzene rings is 1. The molecule has 0 aromatic heterocycles. The number of halogens is 1. The SMILES string of the molecule is Cc1ccccc1C(CBr)CCOCCC(C)C. The fraction of sp³-hybridized carbons (Fsp3) is 0.625. The van der Waals surface area contributed by atoms with Crippen LogP contribution in [0, 0.1) is 12.8 Å². The number of ether oxygens (including phenoxy) is 1. The molecule has 0 radical (unpaired) electrons. The molecule has 1 unspecified atom stereocenters. The first-order valence-electron chi connectivity index (χ1n) is 6.84. The molecule has 0 bridgehead atoms. The lowest BCUT2D eigenvalue weighted by Crippen LogP contribution is -2.08. The van der Waals surface area contributed by atoms with Gasteiger partial charge in [-0.1, -0.05) is 54.0 Å². The van der Waals surface area contributed by atoms with Crippen molar-refractivity contribution in [3.63, 3.8) is 0 Å². The van der Waals surface area contributed by atoms with E-state index in [0.717, 1.165) is 37.3 Å². The van der Waals surface area contributed by atoms with E-state index in [1.165, 1.54) is 11.1 Å². The Labute approximate surface area is 120 Å². The molecule has 0 heterocycles. The van der Waals surface area contributed by atoms with Crippen molar-refractivity contribution in [2.45, 2.75) is 39.5 Å². The molecule has 1 rings (SSSR count). The zero-order valence-electron chi connectivity index (χ0n) is 11.8. The number of aryl methyl sites for hydroxylation is 1. The van der Waals surface area contributed by atoms with Crippen molar-refractivity contribution >= 4 is 15.9 Å². The van der Waals surface area contributed by atoms with Crippen molar-refractivity contribution in [3.8, 4) is 0 Å². The molecule has 0 fully saturated rings. The van der Waals surface area contributed by atoms with Crippen LogP contribution in [0.25, 0.3) is 0 Å². The highest BCUT2D eigenvalue weighted by molar-refractivity contribution is 9.09. The number of rotatable bonds is 8. The first-order chi connectivity index (χ1) is 8.65. The van der Waals surface area contributed by atoms with Crippen molar-refractivity contribution in [2.24, 2.45) is 5.92 Å². The highest BCUT2D eigenvalue weighted by atomic mass is 79.9. The van der Waals surface area contributed by atoms with Crippen molar-refractivity contribution in [1.82, 2.24) is 0 Å². The third-order valence-corrected chi connectivity index (χ3v) is 4.05. The second-order valence-corrected chi connectivity index (χ2v) is 5.94. The number of alkyl halides is 1. The molecule has 0 amide bonds. The first kappa shape index (κ1) is 15.7. The maximum atomic E-state index is 5.72. The summed E-state index contributed by atoms with van der Waals surface area (Å²) in [5, 5.41) is 1.01. The Hall–Kier alpha value is -0.340. The molecule has 0 saturated carbocycles. The predicted molar refractivity (Wildman–Crippen MR) is 82.6 cm³/mol. The zero-order valence-corrected chi connectivity index (χ0v) is 13.4. The van der Waals surface area contributed by atoms with Crippen LogP contribution in [0.2, 0.25) is 0 Å². The van der Waals surface area contributed by atoms with Gasteiger partial charge in [0.1, 0.15) is 0 Å². The Kier molecular flexibility index (Phi) is 7.60. The van der Waals surface area contributed by atoms with Crippen molar-refractivity contribution < 1.29 is 4.74 Å². The van der Waals surface area contributed by atoms with Gasteiger partial charge >= 0.3 is 0 Å². The monoisotopic (exact) mass is 312 g/mol. The van der Waals surface area contributed by atoms with Crippen LogP contribution >= 0.6 is 15.9 Å². The van der Waals surface area contributed by atoms with Crippen molar-refractivity contribution in [2.75, 3.05) is 18.5 Å². The van der Waals surface area contributed by atoms with Gasteiger partial charge in [-0.3, -0.25) is 0 Å². The summed E-state index contributed by atoms with van der Waals surface area (Å²) in [5.41, 5.74) is 2.82. The molecule has 102 valence electrons. The topological polar surface area (TPSA) is 9.23 Å². The molecular formula is C16H25BrO. The molecule has 0 aliphatic heterocycles. The van der Waals surface area contributed by atoms with Gasteiger partial charge in [-0.25, -0.2) is 0 Å². The van der Waals surface area contributed by atoms with E-state index in [0.29, 0.717) is 5.92 Å². The van der Waals surface area contributed by atoms with E-state index < -0.39 is 0 Å². The lowest BCUT2D eigenvalue weighted by molar-refractivity contribution is 0.118. The molecule has 1 aromatic rings. The van der Waals surface area contributed by atoms with Crippen LogP contribution in [0.3, 0.4) is 0 Å². The normalized spacial score (nSPS) is 12.9. The molecule has 1 aromatic carbocycles. The van der Waals surface area contributed by atoms with Crippen LogP contribution in [-0.4, -0.2) is 18.5 Å². The molecule has 1 nitrogen and oxygen atoms in total. The molecule has 0 aliphatic carbocycles. The molecular weight excluding hydrogens is 288 g/mol. The van der Waals surface area contributed by atoms with Gasteiger partial charge in [-0.2, -0.15) is 0 Å². The molecule has 0 aliphatic rings. The van der Waals surface area contributed by atoms with Crippen LogP contribution < -0.4 is 0 Å². The summed E-state index contributed by atoms with van der Waals surface area (Å²) in [6.07, 6.45) is 2.25. The summed E-state index contributed by atoms with van der Waals surface area (Å²) in [6, 6.07) is 8.64. The van der Waals surface area contributed by atoms with Crippen molar-refractivity contribution in [1.29, 1.82) is 0 Å². The predicted octanol–water partition coefficient (Wildman–Crippen LogP) is 4.93. The Morgan fingerprint density at radius 1 is 1.11 bits per heavy atom. The fourth-order valence-electron chi connectivity index (χ4n) is 2.01. The third kappa shape index (κ3) is 5.53. The molecule has 0 spiro atoms. The molecule has 18 heavy (non-hydrogen) atoms. The summed E-state index contributed by atoms with van der Waals surface area (Å²) in [6.45, 7) is 8.40. The van der Waals surface area contributed by atoms with Gasteiger partial charge in [-0.15, -0.1) is 0 Å². The van der Waals surface area contributed by atoms with Gasteiger partial charge in [0, 0.05) is 18.5 Å². The maximum Gasteiger partial charge on any atom is 0.0472 e. The largest absolute Gasteiger partial charge is 0.381 e. The Morgan fingerprint density at radius 3 is 2.39 bits per heavy atom. The number of hydrogen-bond acceptors (Lipinski definition) is 1. The molecule has 0 N–H and O–H groups in total. The molecule has 1 atom stereocenters. The minimum atomic E-state index is 0.560. The van der Waals surface area contributed by atoms with Crippen LogP contribution in [0.4, 0.5) is 0 Å². The van der Waals surface area contributed by atoms with E-state index in [2.05, 4.69) is 61.0 Å². The van der Waals surface area contributed by atoms with E-state index in [-0.39, 0.29) is 0 Å². The maximum absolute atomic E-state index is 5.72. The minimum Gasteiger partial charge on any atom is -0.381 e. The Morgan fingerprint density at radius 2 is 1.78 bits per heavy atom. The van der Waals surface area contributed by atoms with E-state index in [9.17, 15) is 0 Å².